The summed E-state index contributed by atoms with van der Waals surface area (Å²) in [5.41, 5.74) is 1.72. The minimum absolute atomic E-state index is 0.214. The van der Waals surface area contributed by atoms with Crippen molar-refractivity contribution in [1.29, 1.82) is 0 Å². The molecule has 1 saturated heterocycles. The van der Waals surface area contributed by atoms with Crippen molar-refractivity contribution in [2.75, 3.05) is 19.7 Å². The van der Waals surface area contributed by atoms with E-state index in [0.717, 1.165) is 43.0 Å². The van der Waals surface area contributed by atoms with E-state index in [-0.39, 0.29) is 5.97 Å². The number of hydroxylamine groups is 2. The van der Waals surface area contributed by atoms with E-state index in [1.165, 1.54) is 11.3 Å². The molecule has 0 amide bonds. The van der Waals surface area contributed by atoms with Gasteiger partial charge in [0, 0.05) is 29.2 Å². The molecule has 0 saturated carbocycles. The number of carbonyl (C=O) groups excluding carboxylic acids is 1. The summed E-state index contributed by atoms with van der Waals surface area (Å²) in [7, 11) is 0. The Kier molecular flexibility index (Phi) is 6.67. The van der Waals surface area contributed by atoms with Crippen LogP contribution in [0.4, 0.5) is 0 Å². The first-order chi connectivity index (χ1) is 12.2. The Morgan fingerprint density at radius 2 is 2.04 bits per heavy atom. The number of hydrogen-bond acceptors (Lipinski definition) is 6. The van der Waals surface area contributed by atoms with Crippen molar-refractivity contribution in [1.82, 2.24) is 10.0 Å². The number of nitrogens with zero attached hydrogens (tertiary/aromatic N) is 2. The zero-order valence-electron chi connectivity index (χ0n) is 13.9. The first-order valence-corrected chi connectivity index (χ1v) is 9.66. The van der Waals surface area contributed by atoms with Gasteiger partial charge in [-0.05, 0) is 49.4 Å². The molecule has 5 nitrogen and oxygen atoms in total. The molecule has 0 spiro atoms. The summed E-state index contributed by atoms with van der Waals surface area (Å²) in [4.78, 5) is 22.2. The molecule has 0 radical (unpaired) electrons. The Labute approximate surface area is 156 Å². The molecule has 134 valence electrons. The lowest BCUT2D eigenvalue weighted by atomic mass is 9.95. The highest BCUT2D eigenvalue weighted by molar-refractivity contribution is 7.09. The third-order valence-electron chi connectivity index (χ3n) is 4.21. The van der Waals surface area contributed by atoms with Gasteiger partial charge in [-0.25, -0.2) is 4.79 Å². The van der Waals surface area contributed by atoms with E-state index in [1.54, 1.807) is 16.8 Å². The molecule has 2 aromatic rings. The van der Waals surface area contributed by atoms with Crippen LogP contribution in [0.5, 0.6) is 5.75 Å². The van der Waals surface area contributed by atoms with Crippen molar-refractivity contribution in [2.45, 2.75) is 25.7 Å². The number of piperidine rings is 1. The lowest BCUT2D eigenvalue weighted by molar-refractivity contribution is -0.195. The molecule has 0 atom stereocenters. The predicted octanol–water partition coefficient (Wildman–Crippen LogP) is 3.98. The van der Waals surface area contributed by atoms with Crippen LogP contribution < -0.4 is 4.74 Å². The van der Waals surface area contributed by atoms with Crippen LogP contribution in [0.25, 0.3) is 0 Å². The van der Waals surface area contributed by atoms with E-state index in [9.17, 15) is 4.79 Å². The van der Waals surface area contributed by atoms with Crippen molar-refractivity contribution in [3.8, 4) is 5.75 Å². The van der Waals surface area contributed by atoms with Crippen LogP contribution in [-0.2, 0) is 16.1 Å². The van der Waals surface area contributed by atoms with E-state index in [0.29, 0.717) is 24.0 Å². The summed E-state index contributed by atoms with van der Waals surface area (Å²) in [5.74, 6) is 1.23. The number of benzene rings is 1. The van der Waals surface area contributed by atoms with Gasteiger partial charge in [0.05, 0.1) is 18.5 Å². The highest BCUT2D eigenvalue weighted by atomic mass is 35.5. The number of hydrogen-bond donors (Lipinski definition) is 0. The van der Waals surface area contributed by atoms with Gasteiger partial charge in [0.1, 0.15) is 5.75 Å². The maximum Gasteiger partial charge on any atom is 0.330 e. The van der Waals surface area contributed by atoms with Crippen molar-refractivity contribution in [3.05, 3.63) is 45.9 Å². The Hall–Kier alpha value is -1.63. The molecule has 0 unspecified atom stereocenters. The van der Waals surface area contributed by atoms with Crippen molar-refractivity contribution < 1.29 is 14.4 Å². The summed E-state index contributed by atoms with van der Waals surface area (Å²) in [6, 6.07) is 7.42. The zero-order chi connectivity index (χ0) is 17.5. The van der Waals surface area contributed by atoms with E-state index < -0.39 is 0 Å². The average molecular weight is 381 g/mol. The Morgan fingerprint density at radius 1 is 1.28 bits per heavy atom. The van der Waals surface area contributed by atoms with Gasteiger partial charge in [0.2, 0.25) is 0 Å². The second-order valence-corrected chi connectivity index (χ2v) is 7.48. The third kappa shape index (κ3) is 5.99. The minimum Gasteiger partial charge on any atom is -0.494 e. The van der Waals surface area contributed by atoms with Crippen LogP contribution >= 0.6 is 22.9 Å². The number of aromatic nitrogens is 1. The highest BCUT2D eigenvalue weighted by Gasteiger charge is 2.22. The van der Waals surface area contributed by atoms with E-state index in [4.69, 9.17) is 21.2 Å². The fourth-order valence-electron chi connectivity index (χ4n) is 2.81. The first-order valence-electron chi connectivity index (χ1n) is 8.40. The van der Waals surface area contributed by atoms with Gasteiger partial charge in [0.15, 0.2) is 0 Å². The van der Waals surface area contributed by atoms with Crippen LogP contribution in [0.15, 0.2) is 36.0 Å². The van der Waals surface area contributed by atoms with Gasteiger partial charge < -0.3 is 9.57 Å². The summed E-state index contributed by atoms with van der Waals surface area (Å²) in [5, 5.41) is 2.49. The highest BCUT2D eigenvalue weighted by Crippen LogP contribution is 2.22. The number of rotatable bonds is 7. The van der Waals surface area contributed by atoms with E-state index in [2.05, 4.69) is 4.98 Å². The third-order valence-corrected chi connectivity index (χ3v) is 5.25. The first kappa shape index (κ1) is 18.2. The summed E-state index contributed by atoms with van der Waals surface area (Å²) < 4.78 is 5.75. The quantitative estimate of drug-likeness (QED) is 0.727. The fourth-order valence-corrected chi connectivity index (χ4v) is 3.52. The molecular weight excluding hydrogens is 360 g/mol. The number of carbonyl (C=O) groups is 1. The van der Waals surface area contributed by atoms with Crippen LogP contribution in [0.3, 0.4) is 0 Å². The number of ether oxygens (including phenoxy) is 1. The molecule has 0 N–H and O–H groups in total. The molecule has 0 aliphatic carbocycles. The molecule has 0 bridgehead atoms. The molecule has 2 heterocycles. The largest absolute Gasteiger partial charge is 0.494 e. The molecular formula is C18H21ClN2O3S. The lowest BCUT2D eigenvalue weighted by Gasteiger charge is -2.30. The smallest absolute Gasteiger partial charge is 0.330 e. The second kappa shape index (κ2) is 9.17. The molecule has 1 aromatic heterocycles. The van der Waals surface area contributed by atoms with Crippen LogP contribution in [0.1, 0.15) is 24.1 Å². The monoisotopic (exact) mass is 380 g/mol. The molecule has 1 fully saturated rings. The van der Waals surface area contributed by atoms with Gasteiger partial charge in [-0.2, -0.15) is 0 Å². The zero-order valence-corrected chi connectivity index (χ0v) is 15.5. The topological polar surface area (TPSA) is 51.7 Å². The molecule has 1 aliphatic rings. The summed E-state index contributed by atoms with van der Waals surface area (Å²) in [6.07, 6.45) is 5.03. The van der Waals surface area contributed by atoms with Crippen LogP contribution in [-0.4, -0.2) is 35.7 Å². The molecule has 1 aliphatic heterocycles. The Bertz CT molecular complexity index is 655. The van der Waals surface area contributed by atoms with Gasteiger partial charge >= 0.3 is 5.97 Å². The maximum absolute atomic E-state index is 11.9. The Morgan fingerprint density at radius 3 is 2.72 bits per heavy atom. The molecule has 3 rings (SSSR count). The second-order valence-electron chi connectivity index (χ2n) is 6.07. The van der Waals surface area contributed by atoms with Crippen molar-refractivity contribution >= 4 is 28.9 Å². The van der Waals surface area contributed by atoms with Crippen molar-refractivity contribution in [3.63, 3.8) is 0 Å². The van der Waals surface area contributed by atoms with Gasteiger partial charge in [-0.15, -0.1) is 16.4 Å². The molecule has 1 aromatic carbocycles. The molecule has 25 heavy (non-hydrogen) atoms. The standard InChI is InChI=1S/C18H21ClN2O3S/c19-15-1-3-16(4-2-15)23-10-7-14-5-8-21(9-6-14)24-18(22)11-17-12-20-13-25-17/h1-4,12-14H,5-11H2. The minimum atomic E-state index is -0.214. The van der Waals surface area contributed by atoms with Gasteiger partial charge in [-0.1, -0.05) is 11.6 Å². The number of thiazole rings is 1. The van der Waals surface area contributed by atoms with Crippen LogP contribution in [0.2, 0.25) is 5.02 Å². The van der Waals surface area contributed by atoms with E-state index in [1.807, 2.05) is 24.3 Å². The average Bonchev–Trinajstić information content (AvgIpc) is 3.11. The SMILES string of the molecule is O=C(Cc1cncs1)ON1CCC(CCOc2ccc(Cl)cc2)CC1. The lowest BCUT2D eigenvalue weighted by Crippen LogP contribution is -2.36. The van der Waals surface area contributed by atoms with E-state index >= 15 is 0 Å². The van der Waals surface area contributed by atoms with Gasteiger partial charge in [0.25, 0.3) is 0 Å². The predicted molar refractivity (Wildman–Crippen MR) is 97.8 cm³/mol. The summed E-state index contributed by atoms with van der Waals surface area (Å²) in [6.45, 7) is 2.25. The normalized spacial score (nSPS) is 15.9. The van der Waals surface area contributed by atoms with Gasteiger partial charge in [-0.3, -0.25) is 4.98 Å². The maximum atomic E-state index is 11.9. The van der Waals surface area contributed by atoms with Crippen molar-refractivity contribution in [2.24, 2.45) is 5.92 Å². The number of halogens is 1. The van der Waals surface area contributed by atoms with Crippen LogP contribution in [0, 0.1) is 5.92 Å². The summed E-state index contributed by atoms with van der Waals surface area (Å²) >= 11 is 7.33. The fraction of sp³-hybridized carbons (Fsp3) is 0.444. The Balaban J connectivity index is 1.31. The molecule has 7 heteroatoms.